The summed E-state index contributed by atoms with van der Waals surface area (Å²) in [7, 11) is 1.18. The van der Waals surface area contributed by atoms with E-state index >= 15 is 0 Å². The number of carbonyl (C=O) groups excluding carboxylic acids is 1. The van der Waals surface area contributed by atoms with Gasteiger partial charge in [-0.2, -0.15) is 0 Å². The summed E-state index contributed by atoms with van der Waals surface area (Å²) in [4.78, 5) is 11.8. The van der Waals surface area contributed by atoms with Gasteiger partial charge in [0.2, 0.25) is 0 Å². The molecule has 1 aliphatic heterocycles. The van der Waals surface area contributed by atoms with Crippen molar-refractivity contribution >= 4 is 5.97 Å². The molecule has 3 nitrogen and oxygen atoms in total. The molecular formula is C12H18F2O3. The SMILES string of the molecule is COC(=O)C1(CC2CCC2)CCOCC1(F)F. The predicted octanol–water partition coefficient (Wildman–Crippen LogP) is 2.39. The normalized spacial score (nSPS) is 32.9. The molecule has 1 saturated carbocycles. The lowest BCUT2D eigenvalue weighted by Crippen LogP contribution is -2.55. The lowest BCUT2D eigenvalue weighted by Gasteiger charge is -2.44. The second kappa shape index (κ2) is 4.52. The van der Waals surface area contributed by atoms with Crippen molar-refractivity contribution in [3.05, 3.63) is 0 Å². The van der Waals surface area contributed by atoms with Gasteiger partial charge in [-0.25, -0.2) is 8.78 Å². The van der Waals surface area contributed by atoms with Crippen molar-refractivity contribution in [3.8, 4) is 0 Å². The van der Waals surface area contributed by atoms with Crippen molar-refractivity contribution in [2.24, 2.45) is 11.3 Å². The van der Waals surface area contributed by atoms with Gasteiger partial charge < -0.3 is 9.47 Å². The highest BCUT2D eigenvalue weighted by molar-refractivity contribution is 5.78. The van der Waals surface area contributed by atoms with Crippen LogP contribution >= 0.6 is 0 Å². The Hall–Kier alpha value is -0.710. The van der Waals surface area contributed by atoms with E-state index in [1.807, 2.05) is 0 Å². The van der Waals surface area contributed by atoms with E-state index in [1.165, 1.54) is 7.11 Å². The van der Waals surface area contributed by atoms with Crippen LogP contribution in [-0.2, 0) is 14.3 Å². The van der Waals surface area contributed by atoms with Gasteiger partial charge in [0.1, 0.15) is 12.0 Å². The molecule has 0 N–H and O–H groups in total. The van der Waals surface area contributed by atoms with Gasteiger partial charge in [0, 0.05) is 6.61 Å². The van der Waals surface area contributed by atoms with Gasteiger partial charge in [0.05, 0.1) is 7.11 Å². The fourth-order valence-corrected chi connectivity index (χ4v) is 2.74. The minimum absolute atomic E-state index is 0.0587. The number of ether oxygens (including phenoxy) is 2. The summed E-state index contributed by atoms with van der Waals surface area (Å²) in [6, 6.07) is 0. The summed E-state index contributed by atoms with van der Waals surface area (Å²) in [6.45, 7) is -0.466. The molecule has 17 heavy (non-hydrogen) atoms. The monoisotopic (exact) mass is 248 g/mol. The van der Waals surface area contributed by atoms with Crippen LogP contribution in [0, 0.1) is 11.3 Å². The second-order valence-electron chi connectivity index (χ2n) is 5.08. The van der Waals surface area contributed by atoms with Crippen molar-refractivity contribution < 1.29 is 23.0 Å². The number of esters is 1. The highest BCUT2D eigenvalue weighted by Crippen LogP contribution is 2.51. The third-order valence-corrected chi connectivity index (χ3v) is 4.09. The van der Waals surface area contributed by atoms with Crippen LogP contribution in [0.25, 0.3) is 0 Å². The lowest BCUT2D eigenvalue weighted by atomic mass is 9.66. The topological polar surface area (TPSA) is 35.5 Å². The number of hydrogen-bond donors (Lipinski definition) is 0. The van der Waals surface area contributed by atoms with E-state index in [0.717, 1.165) is 19.3 Å². The first-order valence-corrected chi connectivity index (χ1v) is 6.06. The number of carbonyl (C=O) groups is 1. The molecule has 1 saturated heterocycles. The summed E-state index contributed by atoms with van der Waals surface area (Å²) >= 11 is 0. The molecule has 0 aromatic heterocycles. The van der Waals surface area contributed by atoms with E-state index in [-0.39, 0.29) is 25.4 Å². The Morgan fingerprint density at radius 3 is 2.65 bits per heavy atom. The van der Waals surface area contributed by atoms with E-state index in [4.69, 9.17) is 4.74 Å². The summed E-state index contributed by atoms with van der Waals surface area (Å²) in [5.74, 6) is -3.66. The highest BCUT2D eigenvalue weighted by Gasteiger charge is 2.62. The molecule has 0 aromatic rings. The molecule has 2 rings (SSSR count). The Balaban J connectivity index is 2.23. The molecule has 2 fully saturated rings. The van der Waals surface area contributed by atoms with E-state index in [1.54, 1.807) is 0 Å². The molecule has 0 radical (unpaired) electrons. The third kappa shape index (κ3) is 2.05. The fourth-order valence-electron chi connectivity index (χ4n) is 2.74. The van der Waals surface area contributed by atoms with Gasteiger partial charge in [0.15, 0.2) is 0 Å². The van der Waals surface area contributed by atoms with Gasteiger partial charge in [0.25, 0.3) is 5.92 Å². The number of alkyl halides is 2. The zero-order valence-corrected chi connectivity index (χ0v) is 10.0. The van der Waals surface area contributed by atoms with Crippen LogP contribution in [0.2, 0.25) is 0 Å². The lowest BCUT2D eigenvalue weighted by molar-refractivity contribution is -0.226. The van der Waals surface area contributed by atoms with Crippen LogP contribution < -0.4 is 0 Å². The largest absolute Gasteiger partial charge is 0.468 e. The molecule has 1 atom stereocenters. The van der Waals surface area contributed by atoms with E-state index in [9.17, 15) is 13.6 Å². The predicted molar refractivity (Wildman–Crippen MR) is 56.8 cm³/mol. The minimum Gasteiger partial charge on any atom is -0.468 e. The molecule has 2 aliphatic rings. The Labute approximate surface area is 99.5 Å². The molecule has 0 spiro atoms. The summed E-state index contributed by atoms with van der Waals surface area (Å²) in [6.07, 6.45) is 3.24. The average molecular weight is 248 g/mol. The molecule has 0 amide bonds. The second-order valence-corrected chi connectivity index (χ2v) is 5.08. The van der Waals surface area contributed by atoms with Gasteiger partial charge in [-0.3, -0.25) is 4.79 Å². The smallest absolute Gasteiger partial charge is 0.318 e. The molecule has 5 heteroatoms. The van der Waals surface area contributed by atoms with Gasteiger partial charge in [-0.1, -0.05) is 19.3 Å². The van der Waals surface area contributed by atoms with Gasteiger partial charge in [-0.15, -0.1) is 0 Å². The van der Waals surface area contributed by atoms with Crippen molar-refractivity contribution in [2.75, 3.05) is 20.3 Å². The maximum Gasteiger partial charge on any atom is 0.318 e. The zero-order chi connectivity index (χ0) is 12.5. The van der Waals surface area contributed by atoms with Crippen molar-refractivity contribution in [2.45, 2.75) is 38.0 Å². The van der Waals surface area contributed by atoms with Crippen LogP contribution in [0.3, 0.4) is 0 Å². The fraction of sp³-hybridized carbons (Fsp3) is 0.917. The Kier molecular flexibility index (Phi) is 3.39. The number of halogens is 2. The first kappa shape index (κ1) is 12.7. The summed E-state index contributed by atoms with van der Waals surface area (Å²) < 4.78 is 37.5. The first-order valence-electron chi connectivity index (χ1n) is 6.06. The van der Waals surface area contributed by atoms with Crippen molar-refractivity contribution in [3.63, 3.8) is 0 Å². The summed E-state index contributed by atoms with van der Waals surface area (Å²) in [5.41, 5.74) is -1.66. The van der Waals surface area contributed by atoms with Crippen LogP contribution in [0.5, 0.6) is 0 Å². The molecule has 0 bridgehead atoms. The molecule has 1 unspecified atom stereocenters. The van der Waals surface area contributed by atoms with Gasteiger partial charge in [-0.05, 0) is 18.8 Å². The van der Waals surface area contributed by atoms with Crippen molar-refractivity contribution in [1.29, 1.82) is 0 Å². The summed E-state index contributed by atoms with van der Waals surface area (Å²) in [5, 5.41) is 0. The number of methoxy groups -OCH3 is 1. The number of hydrogen-bond acceptors (Lipinski definition) is 3. The third-order valence-electron chi connectivity index (χ3n) is 4.09. The van der Waals surface area contributed by atoms with Crippen molar-refractivity contribution in [1.82, 2.24) is 0 Å². The molecule has 98 valence electrons. The quantitative estimate of drug-likeness (QED) is 0.719. The standard InChI is InChI=1S/C12H18F2O3/c1-16-10(15)11(7-9-3-2-4-9)5-6-17-8-12(11,13)14/h9H,2-8H2,1H3. The first-order chi connectivity index (χ1) is 8.02. The van der Waals surface area contributed by atoms with Crippen LogP contribution in [0.15, 0.2) is 0 Å². The molecule has 1 heterocycles. The van der Waals surface area contributed by atoms with Crippen LogP contribution in [0.1, 0.15) is 32.1 Å². The van der Waals surface area contributed by atoms with E-state index in [2.05, 4.69) is 4.74 Å². The Bertz CT molecular complexity index is 302. The zero-order valence-electron chi connectivity index (χ0n) is 10.0. The average Bonchev–Trinajstić information content (AvgIpc) is 2.24. The van der Waals surface area contributed by atoms with E-state index in [0.29, 0.717) is 0 Å². The minimum atomic E-state index is -3.12. The maximum atomic E-state index is 14.1. The maximum absolute atomic E-state index is 14.1. The molecular weight excluding hydrogens is 230 g/mol. The number of rotatable bonds is 3. The molecule has 1 aliphatic carbocycles. The van der Waals surface area contributed by atoms with E-state index < -0.39 is 23.9 Å². The Morgan fingerprint density at radius 2 is 2.18 bits per heavy atom. The molecule has 0 aromatic carbocycles. The Morgan fingerprint density at radius 1 is 1.47 bits per heavy atom. The van der Waals surface area contributed by atoms with Crippen LogP contribution in [-0.4, -0.2) is 32.2 Å². The highest BCUT2D eigenvalue weighted by atomic mass is 19.3. The van der Waals surface area contributed by atoms with Crippen LogP contribution in [0.4, 0.5) is 8.78 Å². The van der Waals surface area contributed by atoms with Gasteiger partial charge >= 0.3 is 5.97 Å².